The maximum absolute atomic E-state index is 4.60. The van der Waals surface area contributed by atoms with E-state index < -0.39 is 0 Å². The van der Waals surface area contributed by atoms with Crippen molar-refractivity contribution in [1.29, 1.82) is 0 Å². The highest BCUT2D eigenvalue weighted by Crippen LogP contribution is 2.34. The van der Waals surface area contributed by atoms with Crippen LogP contribution in [0.25, 0.3) is 0 Å². The second-order valence-corrected chi connectivity index (χ2v) is 4.33. The lowest BCUT2D eigenvalue weighted by Crippen LogP contribution is -2.32. The van der Waals surface area contributed by atoms with Gasteiger partial charge in [0.2, 0.25) is 0 Å². The normalized spacial score (nSPS) is 18.8. The lowest BCUT2D eigenvalue weighted by Gasteiger charge is -2.28. The number of hydrogen-bond acceptors (Lipinski definition) is 3. The summed E-state index contributed by atoms with van der Waals surface area (Å²) in [7, 11) is 0. The van der Waals surface area contributed by atoms with E-state index in [1.807, 2.05) is 27.7 Å². The zero-order valence-corrected chi connectivity index (χ0v) is 12.7. The molecular weight excluding hydrogens is 222 g/mol. The van der Waals surface area contributed by atoms with E-state index in [9.17, 15) is 0 Å². The molecule has 3 heteroatoms. The van der Waals surface area contributed by atoms with Gasteiger partial charge in [0.1, 0.15) is 5.82 Å². The van der Waals surface area contributed by atoms with E-state index in [4.69, 9.17) is 0 Å². The topological polar surface area (TPSA) is 28.2 Å². The minimum absolute atomic E-state index is 0.622. The molecular formula is C15H27N3. The minimum Gasteiger partial charge on any atom is -0.366 e. The van der Waals surface area contributed by atoms with Crippen LogP contribution >= 0.6 is 0 Å². The number of aromatic nitrogens is 1. The maximum Gasteiger partial charge on any atom is 0.150 e. The van der Waals surface area contributed by atoms with Crippen LogP contribution in [-0.4, -0.2) is 24.1 Å². The van der Waals surface area contributed by atoms with Gasteiger partial charge in [-0.3, -0.25) is 0 Å². The number of nitrogens with one attached hydrogen (secondary N) is 1. The van der Waals surface area contributed by atoms with Crippen molar-refractivity contribution in [2.75, 3.05) is 23.3 Å². The predicted molar refractivity (Wildman–Crippen MR) is 80.6 cm³/mol. The monoisotopic (exact) mass is 249 g/mol. The predicted octanol–water partition coefficient (Wildman–Crippen LogP) is 3.76. The van der Waals surface area contributed by atoms with Crippen LogP contribution in [0, 0.1) is 13.8 Å². The standard InChI is InChI=1S/C11H15N3.2C2H6/c1-7-5-10-11(12-8(7)2)13-9-3-4-14(10)6-9;2*1-2/h5,9H,3-4,6H2,1-2H3,(H,12,13);2*1-2H3. The summed E-state index contributed by atoms with van der Waals surface area (Å²) in [6.07, 6.45) is 1.24. The zero-order chi connectivity index (χ0) is 13.7. The summed E-state index contributed by atoms with van der Waals surface area (Å²) in [6.45, 7) is 14.5. The quantitative estimate of drug-likeness (QED) is 0.759. The number of hydrogen-bond donors (Lipinski definition) is 1. The number of anilines is 2. The van der Waals surface area contributed by atoms with E-state index in [0.29, 0.717) is 6.04 Å². The summed E-state index contributed by atoms with van der Waals surface area (Å²) in [5.41, 5.74) is 3.72. The molecule has 3 heterocycles. The third kappa shape index (κ3) is 2.77. The molecule has 0 aromatic carbocycles. The van der Waals surface area contributed by atoms with Crippen molar-refractivity contribution in [3.63, 3.8) is 0 Å². The van der Waals surface area contributed by atoms with E-state index in [2.05, 4.69) is 35.1 Å². The van der Waals surface area contributed by atoms with Crippen LogP contribution in [0.2, 0.25) is 0 Å². The Bertz CT molecular complexity index is 388. The molecule has 2 aliphatic heterocycles. The molecule has 102 valence electrons. The third-order valence-electron chi connectivity index (χ3n) is 3.32. The Morgan fingerprint density at radius 1 is 1.22 bits per heavy atom. The van der Waals surface area contributed by atoms with Gasteiger partial charge in [0.05, 0.1) is 5.69 Å². The van der Waals surface area contributed by atoms with Crippen molar-refractivity contribution in [2.24, 2.45) is 0 Å². The van der Waals surface area contributed by atoms with Gasteiger partial charge < -0.3 is 10.2 Å². The van der Waals surface area contributed by atoms with Crippen molar-refractivity contribution in [2.45, 2.75) is 54.0 Å². The van der Waals surface area contributed by atoms with E-state index in [0.717, 1.165) is 18.1 Å². The molecule has 0 radical (unpaired) electrons. The number of nitrogens with zero attached hydrogens (tertiary/aromatic N) is 2. The summed E-state index contributed by atoms with van der Waals surface area (Å²) >= 11 is 0. The number of fused-ring (bicyclic) bond motifs is 4. The van der Waals surface area contributed by atoms with Crippen LogP contribution in [0.3, 0.4) is 0 Å². The van der Waals surface area contributed by atoms with Gasteiger partial charge in [-0.05, 0) is 31.9 Å². The van der Waals surface area contributed by atoms with Crippen LogP contribution in [0.5, 0.6) is 0 Å². The van der Waals surface area contributed by atoms with Crippen molar-refractivity contribution < 1.29 is 0 Å². The highest BCUT2D eigenvalue weighted by molar-refractivity contribution is 5.71. The van der Waals surface area contributed by atoms with Crippen molar-refractivity contribution in [1.82, 2.24) is 4.98 Å². The van der Waals surface area contributed by atoms with Crippen LogP contribution in [0.4, 0.5) is 11.5 Å². The molecule has 18 heavy (non-hydrogen) atoms. The molecule has 0 amide bonds. The molecule has 0 saturated carbocycles. The average Bonchev–Trinajstić information content (AvgIpc) is 2.81. The molecule has 3 nitrogen and oxygen atoms in total. The molecule has 1 N–H and O–H groups in total. The summed E-state index contributed by atoms with van der Waals surface area (Å²) in [5, 5.41) is 3.50. The Morgan fingerprint density at radius 2 is 1.89 bits per heavy atom. The molecule has 1 aromatic rings. The van der Waals surface area contributed by atoms with Gasteiger partial charge in [0.15, 0.2) is 0 Å². The van der Waals surface area contributed by atoms with E-state index in [-0.39, 0.29) is 0 Å². The Morgan fingerprint density at radius 3 is 2.56 bits per heavy atom. The third-order valence-corrected chi connectivity index (χ3v) is 3.32. The molecule has 2 bridgehead atoms. The Balaban J connectivity index is 0.000000371. The minimum atomic E-state index is 0.622. The molecule has 1 aromatic heterocycles. The van der Waals surface area contributed by atoms with Gasteiger partial charge in [-0.15, -0.1) is 0 Å². The molecule has 1 saturated heterocycles. The SMILES string of the molecule is CC.CC.Cc1cc2c(nc1C)NC1CCN2C1. The van der Waals surface area contributed by atoms with Gasteiger partial charge in [-0.25, -0.2) is 4.98 Å². The fourth-order valence-corrected chi connectivity index (χ4v) is 2.33. The fourth-order valence-electron chi connectivity index (χ4n) is 2.33. The highest BCUT2D eigenvalue weighted by atomic mass is 15.3. The smallest absolute Gasteiger partial charge is 0.150 e. The lowest BCUT2D eigenvalue weighted by atomic mass is 10.1. The van der Waals surface area contributed by atoms with Crippen molar-refractivity contribution >= 4 is 11.5 Å². The van der Waals surface area contributed by atoms with E-state index >= 15 is 0 Å². The Labute approximate surface area is 112 Å². The second-order valence-electron chi connectivity index (χ2n) is 4.33. The number of rotatable bonds is 0. The summed E-state index contributed by atoms with van der Waals surface area (Å²) < 4.78 is 0. The molecule has 1 atom stereocenters. The van der Waals surface area contributed by atoms with Gasteiger partial charge >= 0.3 is 0 Å². The molecule has 3 rings (SSSR count). The largest absolute Gasteiger partial charge is 0.366 e. The van der Waals surface area contributed by atoms with E-state index in [1.54, 1.807) is 0 Å². The van der Waals surface area contributed by atoms with Crippen LogP contribution in [0.1, 0.15) is 45.4 Å². The summed E-state index contributed by atoms with van der Waals surface area (Å²) in [5.74, 6) is 1.09. The van der Waals surface area contributed by atoms with E-state index in [1.165, 1.54) is 24.2 Å². The van der Waals surface area contributed by atoms with Crippen molar-refractivity contribution in [3.05, 3.63) is 17.3 Å². The van der Waals surface area contributed by atoms with Crippen LogP contribution < -0.4 is 10.2 Å². The van der Waals surface area contributed by atoms with Gasteiger partial charge in [0.25, 0.3) is 0 Å². The average molecular weight is 249 g/mol. The van der Waals surface area contributed by atoms with Crippen molar-refractivity contribution in [3.8, 4) is 0 Å². The maximum atomic E-state index is 4.60. The van der Waals surface area contributed by atoms with Gasteiger partial charge in [0, 0.05) is 24.8 Å². The molecule has 1 unspecified atom stereocenters. The Kier molecular flexibility index (Phi) is 5.45. The number of aryl methyl sites for hydroxylation is 2. The summed E-state index contributed by atoms with van der Waals surface area (Å²) in [4.78, 5) is 7.04. The molecule has 1 fully saturated rings. The lowest BCUT2D eigenvalue weighted by molar-refractivity contribution is 0.786. The fraction of sp³-hybridized carbons (Fsp3) is 0.667. The zero-order valence-electron chi connectivity index (χ0n) is 12.7. The van der Waals surface area contributed by atoms with Crippen LogP contribution in [-0.2, 0) is 0 Å². The molecule has 2 aliphatic rings. The Hall–Kier alpha value is -1.25. The van der Waals surface area contributed by atoms with Gasteiger partial charge in [-0.1, -0.05) is 27.7 Å². The first-order chi connectivity index (χ1) is 8.74. The first kappa shape index (κ1) is 14.8. The van der Waals surface area contributed by atoms with Gasteiger partial charge in [-0.2, -0.15) is 0 Å². The van der Waals surface area contributed by atoms with Crippen LogP contribution in [0.15, 0.2) is 6.07 Å². The second kappa shape index (κ2) is 6.62. The summed E-state index contributed by atoms with van der Waals surface area (Å²) in [6, 6.07) is 2.88. The number of pyridine rings is 1. The highest BCUT2D eigenvalue weighted by Gasteiger charge is 2.30. The molecule has 0 spiro atoms. The first-order valence-corrected chi connectivity index (χ1v) is 7.24. The first-order valence-electron chi connectivity index (χ1n) is 7.24. The molecule has 0 aliphatic carbocycles.